The third-order valence-corrected chi connectivity index (χ3v) is 2.59. The van der Waals surface area contributed by atoms with Gasteiger partial charge in [-0.1, -0.05) is 42.5 Å². The molecule has 0 aliphatic rings. The van der Waals surface area contributed by atoms with Crippen molar-refractivity contribution >= 4 is 16.7 Å². The van der Waals surface area contributed by atoms with Gasteiger partial charge in [-0.15, -0.1) is 0 Å². The number of benzene rings is 2. The highest BCUT2D eigenvalue weighted by Crippen LogP contribution is 2.27. The number of carbonyl (C=O) groups is 1. The quantitative estimate of drug-likeness (QED) is 0.758. The summed E-state index contributed by atoms with van der Waals surface area (Å²) < 4.78 is 18.7. The number of hydrogen-bond acceptors (Lipinski definition) is 2. The number of alkyl halides is 1. The molecule has 0 aliphatic carbocycles. The Bertz CT molecular complexity index is 531. The fourth-order valence-electron chi connectivity index (χ4n) is 1.81. The monoisotopic (exact) mass is 232 g/mol. The number of ether oxygens (including phenoxy) is 1. The van der Waals surface area contributed by atoms with Crippen LogP contribution >= 0.6 is 0 Å². The standard InChI is InChI=1S/C14H13FO2/c1-2-17-14(16)13(15)12-9-5-7-10-6-3-4-8-11(10)12/h3-9,13H,2H2,1H3/t13-/m0/s1. The summed E-state index contributed by atoms with van der Waals surface area (Å²) in [6.45, 7) is 1.84. The van der Waals surface area contributed by atoms with Gasteiger partial charge in [-0.05, 0) is 17.7 Å². The van der Waals surface area contributed by atoms with E-state index in [1.807, 2.05) is 24.3 Å². The molecule has 0 saturated carbocycles. The van der Waals surface area contributed by atoms with E-state index in [-0.39, 0.29) is 6.61 Å². The first-order valence-electron chi connectivity index (χ1n) is 5.52. The summed E-state index contributed by atoms with van der Waals surface area (Å²) in [6, 6.07) is 12.6. The molecule has 0 aliphatic heterocycles. The van der Waals surface area contributed by atoms with Gasteiger partial charge in [0.05, 0.1) is 6.61 Å². The molecule has 0 spiro atoms. The molecule has 0 unspecified atom stereocenters. The smallest absolute Gasteiger partial charge is 0.345 e. The molecular weight excluding hydrogens is 219 g/mol. The number of carbonyl (C=O) groups excluding carboxylic acids is 1. The Balaban J connectivity index is 2.44. The van der Waals surface area contributed by atoms with Crippen molar-refractivity contribution in [1.29, 1.82) is 0 Å². The molecule has 1 atom stereocenters. The molecule has 2 nitrogen and oxygen atoms in total. The topological polar surface area (TPSA) is 26.3 Å². The third-order valence-electron chi connectivity index (χ3n) is 2.59. The molecule has 0 saturated heterocycles. The van der Waals surface area contributed by atoms with Crippen LogP contribution in [0.25, 0.3) is 10.8 Å². The van der Waals surface area contributed by atoms with Crippen molar-refractivity contribution in [2.75, 3.05) is 6.61 Å². The summed E-state index contributed by atoms with van der Waals surface area (Å²) in [5.41, 5.74) is 0.363. The van der Waals surface area contributed by atoms with Crippen molar-refractivity contribution < 1.29 is 13.9 Å². The van der Waals surface area contributed by atoms with E-state index >= 15 is 0 Å². The summed E-state index contributed by atoms with van der Waals surface area (Å²) >= 11 is 0. The summed E-state index contributed by atoms with van der Waals surface area (Å²) in [5.74, 6) is -0.830. The summed E-state index contributed by atoms with van der Waals surface area (Å²) in [5, 5.41) is 1.66. The van der Waals surface area contributed by atoms with Crippen LogP contribution in [0.1, 0.15) is 18.7 Å². The molecule has 0 bridgehead atoms. The lowest BCUT2D eigenvalue weighted by Crippen LogP contribution is -2.12. The van der Waals surface area contributed by atoms with Gasteiger partial charge in [-0.2, -0.15) is 0 Å². The van der Waals surface area contributed by atoms with Crippen LogP contribution in [-0.2, 0) is 9.53 Å². The summed E-state index contributed by atoms with van der Waals surface area (Å²) in [7, 11) is 0. The molecule has 0 amide bonds. The molecule has 88 valence electrons. The Kier molecular flexibility index (Phi) is 3.38. The lowest BCUT2D eigenvalue weighted by atomic mass is 10.0. The van der Waals surface area contributed by atoms with Crippen molar-refractivity contribution in [3.63, 3.8) is 0 Å². The average molecular weight is 232 g/mol. The zero-order valence-corrected chi connectivity index (χ0v) is 9.52. The molecule has 0 heterocycles. The Morgan fingerprint density at radius 1 is 1.24 bits per heavy atom. The van der Waals surface area contributed by atoms with Crippen LogP contribution in [-0.4, -0.2) is 12.6 Å². The van der Waals surface area contributed by atoms with Crippen molar-refractivity contribution in [1.82, 2.24) is 0 Å². The Labute approximate surface area is 99.0 Å². The fraction of sp³-hybridized carbons (Fsp3) is 0.214. The zero-order valence-electron chi connectivity index (χ0n) is 9.52. The molecule has 0 aromatic heterocycles. The number of halogens is 1. The van der Waals surface area contributed by atoms with E-state index in [0.717, 1.165) is 10.8 Å². The molecule has 0 N–H and O–H groups in total. The van der Waals surface area contributed by atoms with E-state index in [1.165, 1.54) is 0 Å². The SMILES string of the molecule is CCOC(=O)[C@@H](F)c1cccc2ccccc12. The average Bonchev–Trinajstić information content (AvgIpc) is 2.37. The van der Waals surface area contributed by atoms with Gasteiger partial charge in [0.25, 0.3) is 0 Å². The maximum atomic E-state index is 14.0. The van der Waals surface area contributed by atoms with Crippen LogP contribution in [0.5, 0.6) is 0 Å². The Morgan fingerprint density at radius 2 is 1.94 bits per heavy atom. The zero-order chi connectivity index (χ0) is 12.3. The van der Waals surface area contributed by atoms with Gasteiger partial charge in [-0.25, -0.2) is 9.18 Å². The van der Waals surface area contributed by atoms with Gasteiger partial charge in [0.1, 0.15) is 0 Å². The van der Waals surface area contributed by atoms with E-state index in [4.69, 9.17) is 4.74 Å². The van der Waals surface area contributed by atoms with Crippen molar-refractivity contribution in [3.05, 3.63) is 48.0 Å². The molecule has 2 aromatic rings. The first-order chi connectivity index (χ1) is 8.24. The second-order valence-corrected chi connectivity index (χ2v) is 3.68. The Hall–Kier alpha value is -1.90. The van der Waals surface area contributed by atoms with Gasteiger partial charge in [0.2, 0.25) is 6.17 Å². The van der Waals surface area contributed by atoms with Crippen LogP contribution in [0.3, 0.4) is 0 Å². The van der Waals surface area contributed by atoms with E-state index in [9.17, 15) is 9.18 Å². The van der Waals surface area contributed by atoms with Gasteiger partial charge >= 0.3 is 5.97 Å². The molecule has 0 fully saturated rings. The predicted molar refractivity (Wildman–Crippen MR) is 64.4 cm³/mol. The largest absolute Gasteiger partial charge is 0.464 e. The first kappa shape index (κ1) is 11.6. The highest BCUT2D eigenvalue weighted by molar-refractivity contribution is 5.90. The minimum atomic E-state index is -1.72. The highest BCUT2D eigenvalue weighted by Gasteiger charge is 2.22. The van der Waals surface area contributed by atoms with Crippen molar-refractivity contribution in [3.8, 4) is 0 Å². The van der Waals surface area contributed by atoms with Crippen molar-refractivity contribution in [2.24, 2.45) is 0 Å². The normalized spacial score (nSPS) is 12.4. The maximum Gasteiger partial charge on any atom is 0.345 e. The molecule has 2 aromatic carbocycles. The van der Waals surface area contributed by atoms with Crippen molar-refractivity contribution in [2.45, 2.75) is 13.1 Å². The molecule has 0 radical (unpaired) electrons. The second kappa shape index (κ2) is 4.95. The maximum absolute atomic E-state index is 14.0. The third kappa shape index (κ3) is 2.28. The number of hydrogen-bond donors (Lipinski definition) is 0. The second-order valence-electron chi connectivity index (χ2n) is 3.68. The van der Waals surface area contributed by atoms with Gasteiger partial charge < -0.3 is 4.74 Å². The minimum Gasteiger partial charge on any atom is -0.464 e. The van der Waals surface area contributed by atoms with E-state index in [0.29, 0.717) is 5.56 Å². The Morgan fingerprint density at radius 3 is 2.71 bits per heavy atom. The number of rotatable bonds is 3. The number of esters is 1. The van der Waals surface area contributed by atoms with Crippen LogP contribution in [0.15, 0.2) is 42.5 Å². The molecule has 3 heteroatoms. The van der Waals surface area contributed by atoms with E-state index < -0.39 is 12.1 Å². The van der Waals surface area contributed by atoms with Crippen LogP contribution < -0.4 is 0 Å². The van der Waals surface area contributed by atoms with Crippen LogP contribution in [0.4, 0.5) is 4.39 Å². The van der Waals surface area contributed by atoms with Gasteiger partial charge in [0, 0.05) is 5.56 Å². The molecular formula is C14H13FO2. The lowest BCUT2D eigenvalue weighted by Gasteiger charge is -2.10. The van der Waals surface area contributed by atoms with Crippen LogP contribution in [0, 0.1) is 0 Å². The minimum absolute atomic E-state index is 0.185. The lowest BCUT2D eigenvalue weighted by molar-refractivity contribution is -0.149. The first-order valence-corrected chi connectivity index (χ1v) is 5.52. The molecule has 17 heavy (non-hydrogen) atoms. The summed E-state index contributed by atoms with van der Waals surface area (Å²) in [4.78, 5) is 11.4. The van der Waals surface area contributed by atoms with Gasteiger partial charge in [-0.3, -0.25) is 0 Å². The fourth-order valence-corrected chi connectivity index (χ4v) is 1.81. The number of fused-ring (bicyclic) bond motifs is 1. The van der Waals surface area contributed by atoms with Crippen LogP contribution in [0.2, 0.25) is 0 Å². The van der Waals surface area contributed by atoms with Gasteiger partial charge in [0.15, 0.2) is 0 Å². The van der Waals surface area contributed by atoms with E-state index in [1.54, 1.807) is 25.1 Å². The highest BCUT2D eigenvalue weighted by atomic mass is 19.1. The predicted octanol–water partition coefficient (Wildman–Crippen LogP) is 3.41. The van der Waals surface area contributed by atoms with E-state index in [2.05, 4.69) is 0 Å². The molecule has 2 rings (SSSR count). The summed E-state index contributed by atoms with van der Waals surface area (Å²) in [6.07, 6.45) is -1.72.